The van der Waals surface area contributed by atoms with E-state index in [4.69, 9.17) is 24.1 Å². The van der Waals surface area contributed by atoms with Gasteiger partial charge >= 0.3 is 5.97 Å². The Balaban J connectivity index is 1.50. The zero-order valence-electron chi connectivity index (χ0n) is 11.5. The Labute approximate surface area is 122 Å². The SMILES string of the molecule is O=C(O)CO[C@H]1CO[C@H]2[C@@H]1OC[C@H]2OCc1ccccc1. The molecule has 0 saturated carbocycles. The maximum atomic E-state index is 10.5. The summed E-state index contributed by atoms with van der Waals surface area (Å²) in [5.74, 6) is -0.992. The minimum Gasteiger partial charge on any atom is -0.480 e. The highest BCUT2D eigenvalue weighted by Gasteiger charge is 2.49. The van der Waals surface area contributed by atoms with Gasteiger partial charge in [-0.3, -0.25) is 0 Å². The molecular formula is C15H18O6. The van der Waals surface area contributed by atoms with Gasteiger partial charge in [-0.15, -0.1) is 0 Å². The summed E-state index contributed by atoms with van der Waals surface area (Å²) in [6.45, 7) is 0.946. The van der Waals surface area contributed by atoms with Crippen LogP contribution in [0.15, 0.2) is 30.3 Å². The van der Waals surface area contributed by atoms with Gasteiger partial charge in [0.1, 0.15) is 31.0 Å². The summed E-state index contributed by atoms with van der Waals surface area (Å²) in [6, 6.07) is 9.90. The highest BCUT2D eigenvalue weighted by atomic mass is 16.6. The zero-order chi connectivity index (χ0) is 14.7. The first-order valence-corrected chi connectivity index (χ1v) is 6.96. The van der Waals surface area contributed by atoms with Crippen LogP contribution in [0.4, 0.5) is 0 Å². The quantitative estimate of drug-likeness (QED) is 0.838. The van der Waals surface area contributed by atoms with Gasteiger partial charge in [0.05, 0.1) is 19.8 Å². The van der Waals surface area contributed by atoms with Gasteiger partial charge in [-0.25, -0.2) is 4.79 Å². The van der Waals surface area contributed by atoms with Crippen molar-refractivity contribution in [2.45, 2.75) is 31.0 Å². The van der Waals surface area contributed by atoms with E-state index in [2.05, 4.69) is 0 Å². The Kier molecular flexibility index (Phi) is 4.50. The van der Waals surface area contributed by atoms with E-state index in [1.165, 1.54) is 0 Å². The molecule has 0 bridgehead atoms. The first-order chi connectivity index (χ1) is 10.2. The summed E-state index contributed by atoms with van der Waals surface area (Å²) >= 11 is 0. The average Bonchev–Trinajstić information content (AvgIpc) is 3.06. The number of carboxylic acid groups (broad SMARTS) is 1. The first kappa shape index (κ1) is 14.5. The molecule has 3 rings (SSSR count). The van der Waals surface area contributed by atoms with Gasteiger partial charge in [0.25, 0.3) is 0 Å². The van der Waals surface area contributed by atoms with E-state index in [9.17, 15) is 4.79 Å². The lowest BCUT2D eigenvalue weighted by atomic mass is 10.1. The van der Waals surface area contributed by atoms with Crippen molar-refractivity contribution in [2.75, 3.05) is 19.8 Å². The van der Waals surface area contributed by atoms with Crippen molar-refractivity contribution in [3.63, 3.8) is 0 Å². The molecule has 114 valence electrons. The molecule has 0 unspecified atom stereocenters. The maximum Gasteiger partial charge on any atom is 0.329 e. The number of benzene rings is 1. The van der Waals surface area contributed by atoms with Crippen molar-refractivity contribution in [2.24, 2.45) is 0 Å². The van der Waals surface area contributed by atoms with Crippen LogP contribution in [0.25, 0.3) is 0 Å². The number of hydrogen-bond donors (Lipinski definition) is 1. The van der Waals surface area contributed by atoms with Crippen LogP contribution >= 0.6 is 0 Å². The number of rotatable bonds is 6. The average molecular weight is 294 g/mol. The molecule has 4 atom stereocenters. The predicted molar refractivity (Wildman–Crippen MR) is 71.9 cm³/mol. The number of hydrogen-bond acceptors (Lipinski definition) is 5. The number of fused-ring (bicyclic) bond motifs is 1. The second-order valence-electron chi connectivity index (χ2n) is 5.17. The fourth-order valence-corrected chi connectivity index (χ4v) is 2.67. The van der Waals surface area contributed by atoms with Gasteiger partial charge in [0, 0.05) is 0 Å². The van der Waals surface area contributed by atoms with Crippen molar-refractivity contribution in [3.8, 4) is 0 Å². The normalized spacial score (nSPS) is 31.2. The third-order valence-electron chi connectivity index (χ3n) is 3.69. The molecule has 2 fully saturated rings. The molecule has 0 aliphatic carbocycles. The molecule has 21 heavy (non-hydrogen) atoms. The Bertz CT molecular complexity index is 476. The van der Waals surface area contributed by atoms with E-state index in [0.29, 0.717) is 19.8 Å². The van der Waals surface area contributed by atoms with Crippen molar-refractivity contribution < 1.29 is 28.8 Å². The third kappa shape index (κ3) is 3.41. The van der Waals surface area contributed by atoms with Crippen LogP contribution in [0, 0.1) is 0 Å². The van der Waals surface area contributed by atoms with Crippen LogP contribution in [-0.4, -0.2) is 55.3 Å². The van der Waals surface area contributed by atoms with E-state index in [0.717, 1.165) is 5.56 Å². The van der Waals surface area contributed by atoms with Gasteiger partial charge in [-0.1, -0.05) is 30.3 Å². The van der Waals surface area contributed by atoms with Gasteiger partial charge in [-0.05, 0) is 5.56 Å². The predicted octanol–water partition coefficient (Wildman–Crippen LogP) is 0.839. The van der Waals surface area contributed by atoms with E-state index in [-0.39, 0.29) is 31.0 Å². The smallest absolute Gasteiger partial charge is 0.329 e. The number of carboxylic acids is 1. The number of carbonyl (C=O) groups is 1. The van der Waals surface area contributed by atoms with Crippen LogP contribution in [0.5, 0.6) is 0 Å². The van der Waals surface area contributed by atoms with Crippen LogP contribution in [0.1, 0.15) is 5.56 Å². The monoisotopic (exact) mass is 294 g/mol. The molecule has 2 aliphatic heterocycles. The summed E-state index contributed by atoms with van der Waals surface area (Å²) in [5.41, 5.74) is 1.10. The molecule has 1 aromatic carbocycles. The highest BCUT2D eigenvalue weighted by Crippen LogP contribution is 2.30. The standard InChI is InChI=1S/C15H18O6/c16-13(17)9-19-12-8-21-14-11(7-20-15(12)14)18-6-10-4-2-1-3-5-10/h1-5,11-12,14-15H,6-9H2,(H,16,17)/t11-,12+,14-,15-/m1/s1. The molecule has 1 N–H and O–H groups in total. The molecule has 0 amide bonds. The first-order valence-electron chi connectivity index (χ1n) is 6.96. The van der Waals surface area contributed by atoms with Crippen LogP contribution in [0.2, 0.25) is 0 Å². The fraction of sp³-hybridized carbons (Fsp3) is 0.533. The minimum atomic E-state index is -0.992. The van der Waals surface area contributed by atoms with E-state index in [1.807, 2.05) is 30.3 Å². The molecule has 0 aromatic heterocycles. The summed E-state index contributed by atoms with van der Waals surface area (Å²) in [6.07, 6.45) is -0.914. The molecule has 2 aliphatic rings. The molecule has 2 heterocycles. The van der Waals surface area contributed by atoms with Crippen molar-refractivity contribution in [1.82, 2.24) is 0 Å². The molecule has 1 aromatic rings. The molecule has 0 radical (unpaired) electrons. The Morgan fingerprint density at radius 3 is 2.33 bits per heavy atom. The Morgan fingerprint density at radius 1 is 1.10 bits per heavy atom. The summed E-state index contributed by atoms with van der Waals surface area (Å²) in [7, 11) is 0. The number of aliphatic carboxylic acids is 1. The topological polar surface area (TPSA) is 74.2 Å². The lowest BCUT2D eigenvalue weighted by Crippen LogP contribution is -2.34. The highest BCUT2D eigenvalue weighted by molar-refractivity contribution is 5.68. The van der Waals surface area contributed by atoms with Gasteiger partial charge in [0.15, 0.2) is 0 Å². The molecule has 6 nitrogen and oxygen atoms in total. The summed E-state index contributed by atoms with van der Waals surface area (Å²) in [5, 5.41) is 8.65. The Morgan fingerprint density at radius 2 is 1.71 bits per heavy atom. The lowest BCUT2D eigenvalue weighted by molar-refractivity contribution is -0.146. The fourth-order valence-electron chi connectivity index (χ4n) is 2.67. The van der Waals surface area contributed by atoms with Crippen molar-refractivity contribution >= 4 is 5.97 Å². The van der Waals surface area contributed by atoms with Gasteiger partial charge < -0.3 is 24.1 Å². The maximum absolute atomic E-state index is 10.5. The molecular weight excluding hydrogens is 276 g/mol. The molecule has 0 spiro atoms. The van der Waals surface area contributed by atoms with Gasteiger partial charge in [-0.2, -0.15) is 0 Å². The second-order valence-corrected chi connectivity index (χ2v) is 5.17. The van der Waals surface area contributed by atoms with E-state index in [1.54, 1.807) is 0 Å². The lowest BCUT2D eigenvalue weighted by Gasteiger charge is -2.17. The Hall–Kier alpha value is -1.47. The van der Waals surface area contributed by atoms with Crippen molar-refractivity contribution in [3.05, 3.63) is 35.9 Å². The third-order valence-corrected chi connectivity index (χ3v) is 3.69. The largest absolute Gasteiger partial charge is 0.480 e. The summed E-state index contributed by atoms with van der Waals surface area (Å²) < 4.78 is 22.4. The van der Waals surface area contributed by atoms with Gasteiger partial charge in [0.2, 0.25) is 0 Å². The summed E-state index contributed by atoms with van der Waals surface area (Å²) in [4.78, 5) is 10.5. The van der Waals surface area contributed by atoms with Crippen LogP contribution in [-0.2, 0) is 30.3 Å². The molecule has 6 heteroatoms. The minimum absolute atomic E-state index is 0.145. The number of ether oxygens (including phenoxy) is 4. The van der Waals surface area contributed by atoms with E-state index >= 15 is 0 Å². The zero-order valence-corrected chi connectivity index (χ0v) is 11.5. The van der Waals surface area contributed by atoms with Crippen LogP contribution in [0.3, 0.4) is 0 Å². The molecule has 2 saturated heterocycles. The van der Waals surface area contributed by atoms with Crippen LogP contribution < -0.4 is 0 Å². The van der Waals surface area contributed by atoms with Crippen molar-refractivity contribution in [1.29, 1.82) is 0 Å². The second kappa shape index (κ2) is 6.53. The van der Waals surface area contributed by atoms with E-state index < -0.39 is 5.97 Å².